The minimum absolute atomic E-state index is 0.111. The Hall–Kier alpha value is -2.04. The minimum Gasteiger partial charge on any atom is -0.286 e. The number of hydrogen-bond donors (Lipinski definition) is 8. The van der Waals surface area contributed by atoms with E-state index in [1.54, 1.807) is 0 Å². The fourth-order valence-electron chi connectivity index (χ4n) is 15.2. The second-order valence-electron chi connectivity index (χ2n) is 21.7. The van der Waals surface area contributed by atoms with Crippen molar-refractivity contribution in [2.75, 3.05) is 0 Å². The number of fused-ring (bicyclic) bond motifs is 20. The summed E-state index contributed by atoms with van der Waals surface area (Å²) in [5.41, 5.74) is 0. The summed E-state index contributed by atoms with van der Waals surface area (Å²) in [4.78, 5) is 5.47. The van der Waals surface area contributed by atoms with Crippen LogP contribution in [0.1, 0.15) is 77.0 Å². The van der Waals surface area contributed by atoms with Crippen LogP contribution in [-0.2, 0) is 0 Å². The summed E-state index contributed by atoms with van der Waals surface area (Å²) in [5, 5.41) is 36.7. The van der Waals surface area contributed by atoms with Crippen LogP contribution < -0.4 is 42.5 Å². The highest BCUT2D eigenvalue weighted by atomic mass is 32.2. The van der Waals surface area contributed by atoms with Crippen LogP contribution in [0.2, 0.25) is 0 Å². The van der Waals surface area contributed by atoms with E-state index in [1.807, 2.05) is 0 Å². The number of hydrogen-bond acceptors (Lipinski definition) is 12. The van der Waals surface area contributed by atoms with Crippen LogP contribution >= 0.6 is 47.0 Å². The van der Waals surface area contributed by atoms with Crippen molar-refractivity contribution < 1.29 is 0 Å². The van der Waals surface area contributed by atoms with Crippen molar-refractivity contribution in [1.82, 2.24) is 42.5 Å². The van der Waals surface area contributed by atoms with Crippen molar-refractivity contribution in [2.24, 2.45) is 47.3 Å². The van der Waals surface area contributed by atoms with Gasteiger partial charge in [-0.1, -0.05) is 111 Å². The molecule has 0 aromatic heterocycles. The fourth-order valence-corrected chi connectivity index (χ4v) is 21.7. The maximum absolute atomic E-state index is 4.57. The SMILES string of the molecule is c1ccc(SC2C(Sc3ccccc3)C(Sc3ccccc3)C3C4NC5NC(NC6NC(NC7NC(NC(N4)C3C2Sc2ccccc2)C2CCCCC72)C2CCCCC62)C2CCCCC52)cc1. The molecule has 8 bridgehead atoms. The van der Waals surface area contributed by atoms with Gasteiger partial charge >= 0.3 is 0 Å². The first-order valence-electron chi connectivity index (χ1n) is 26.6. The van der Waals surface area contributed by atoms with Gasteiger partial charge in [0.05, 0.1) is 49.3 Å². The van der Waals surface area contributed by atoms with Gasteiger partial charge in [-0.3, -0.25) is 42.5 Å². The van der Waals surface area contributed by atoms with Gasteiger partial charge in [0.15, 0.2) is 0 Å². The Morgan fingerprint density at radius 3 is 0.706 bits per heavy atom. The van der Waals surface area contributed by atoms with E-state index in [-0.39, 0.29) is 24.7 Å². The Labute approximate surface area is 422 Å². The van der Waals surface area contributed by atoms with Crippen molar-refractivity contribution in [3.63, 3.8) is 0 Å². The van der Waals surface area contributed by atoms with Gasteiger partial charge in [0.1, 0.15) is 0 Å². The van der Waals surface area contributed by atoms with Crippen LogP contribution in [0.25, 0.3) is 0 Å². The average molecular weight is 986 g/mol. The van der Waals surface area contributed by atoms with E-state index in [0.29, 0.717) is 93.0 Å². The molecule has 4 aromatic carbocycles. The molecular formula is C56H72N8S4. The normalized spacial score (nSPS) is 42.9. The zero-order valence-electron chi connectivity index (χ0n) is 39.2. The molecule has 5 saturated heterocycles. The molecule has 4 aliphatic carbocycles. The summed E-state index contributed by atoms with van der Waals surface area (Å²) >= 11 is 8.61. The van der Waals surface area contributed by atoms with Crippen LogP contribution in [0.4, 0.5) is 0 Å². The van der Waals surface area contributed by atoms with Gasteiger partial charge in [-0.2, -0.15) is 0 Å². The highest BCUT2D eigenvalue weighted by Gasteiger charge is 2.62. The highest BCUT2D eigenvalue weighted by Crippen LogP contribution is 2.58. The van der Waals surface area contributed by atoms with Gasteiger partial charge < -0.3 is 0 Å². The lowest BCUT2D eigenvalue weighted by molar-refractivity contribution is 0.171. The van der Waals surface area contributed by atoms with Crippen LogP contribution in [0.3, 0.4) is 0 Å². The van der Waals surface area contributed by atoms with Crippen molar-refractivity contribution >= 4 is 47.0 Å². The van der Waals surface area contributed by atoms with Gasteiger partial charge in [-0.05, 0) is 123 Å². The molecular weight excluding hydrogens is 913 g/mol. The third kappa shape index (κ3) is 9.10. The molecule has 68 heavy (non-hydrogen) atoms. The number of thioether (sulfide) groups is 4. The molecule has 0 spiro atoms. The van der Waals surface area contributed by atoms with Crippen LogP contribution in [0.15, 0.2) is 141 Å². The standard InChI is InChI=1S/C56H72N8S4/c1-5-19-33(20-6-1)65-45-43-44(46(66-34-21-7-2-8-22-34)48(68-36-25-11-4-12-26-36)47(45)67-35-23-9-3-10-24-35)56-63-54-42-32-18-16-30-40(42)52(61-54)59-50-38-28-14-13-27-37(38)49(57-50)58-51-39-29-15-17-31-41(39)53(60-51)62-55(43)64-56/h1-12,19-26,37-64H,13-18,27-32H2. The molecule has 8 nitrogen and oxygen atoms in total. The van der Waals surface area contributed by atoms with Crippen LogP contribution in [-0.4, -0.2) is 70.3 Å². The second-order valence-corrected chi connectivity index (χ2v) is 26.7. The van der Waals surface area contributed by atoms with Gasteiger partial charge in [-0.25, -0.2) is 0 Å². The molecule has 20 atom stereocenters. The molecule has 0 amide bonds. The zero-order chi connectivity index (χ0) is 45.0. The van der Waals surface area contributed by atoms with E-state index in [2.05, 4.69) is 211 Å². The zero-order valence-corrected chi connectivity index (χ0v) is 42.5. The minimum atomic E-state index is 0.111. The molecule has 20 unspecified atom stereocenters. The lowest BCUT2D eigenvalue weighted by atomic mass is 9.75. The van der Waals surface area contributed by atoms with Gasteiger partial charge in [-0.15, -0.1) is 47.0 Å². The molecule has 4 aromatic rings. The van der Waals surface area contributed by atoms with E-state index >= 15 is 0 Å². The Kier molecular flexibility index (Phi) is 13.8. The summed E-state index contributed by atoms with van der Waals surface area (Å²) in [6.07, 6.45) is 17.8. The quantitative estimate of drug-likeness (QED) is 0.0865. The van der Waals surface area contributed by atoms with Crippen molar-refractivity contribution in [2.45, 2.75) is 167 Å². The van der Waals surface area contributed by atoms with Crippen molar-refractivity contribution in [1.29, 1.82) is 0 Å². The molecule has 9 fully saturated rings. The molecule has 5 heterocycles. The highest BCUT2D eigenvalue weighted by molar-refractivity contribution is 8.07. The first kappa shape index (κ1) is 45.8. The van der Waals surface area contributed by atoms with Gasteiger partial charge in [0.2, 0.25) is 0 Å². The predicted octanol–water partition coefficient (Wildman–Crippen LogP) is 9.69. The van der Waals surface area contributed by atoms with E-state index in [4.69, 9.17) is 0 Å². The summed E-state index contributed by atoms with van der Waals surface area (Å²) in [5.74, 6) is 4.43. The van der Waals surface area contributed by atoms with Gasteiger partial charge in [0.25, 0.3) is 0 Å². The Morgan fingerprint density at radius 2 is 0.456 bits per heavy atom. The predicted molar refractivity (Wildman–Crippen MR) is 283 cm³/mol. The van der Waals surface area contributed by atoms with Crippen LogP contribution in [0, 0.1) is 47.3 Å². The van der Waals surface area contributed by atoms with Crippen molar-refractivity contribution in [3.8, 4) is 0 Å². The first-order chi connectivity index (χ1) is 33.7. The number of benzene rings is 4. The summed E-state index contributed by atoms with van der Waals surface area (Å²) in [6.45, 7) is 0. The molecule has 9 aliphatic rings. The number of nitrogens with one attached hydrogen (secondary N) is 8. The lowest BCUT2D eigenvalue weighted by Crippen LogP contribution is -2.62. The Balaban J connectivity index is 0.954. The Morgan fingerprint density at radius 1 is 0.250 bits per heavy atom. The number of rotatable bonds is 8. The van der Waals surface area contributed by atoms with E-state index in [0.717, 1.165) is 0 Å². The van der Waals surface area contributed by atoms with Crippen LogP contribution in [0.5, 0.6) is 0 Å². The monoisotopic (exact) mass is 984 g/mol. The smallest absolute Gasteiger partial charge is 0.0640 e. The maximum atomic E-state index is 4.57. The molecule has 12 heteroatoms. The maximum Gasteiger partial charge on any atom is 0.0640 e. The fraction of sp³-hybridized carbons (Fsp3) is 0.571. The molecule has 13 rings (SSSR count). The topological polar surface area (TPSA) is 96.2 Å². The summed E-state index contributed by atoms with van der Waals surface area (Å²) in [6, 6.07) is 45.6. The third-order valence-electron chi connectivity index (χ3n) is 18.1. The summed E-state index contributed by atoms with van der Waals surface area (Å²) < 4.78 is 0. The van der Waals surface area contributed by atoms with Crippen molar-refractivity contribution in [3.05, 3.63) is 121 Å². The summed E-state index contributed by atoms with van der Waals surface area (Å²) in [7, 11) is 0. The average Bonchev–Trinajstić information content (AvgIpc) is 4.13. The molecule has 0 radical (unpaired) electrons. The van der Waals surface area contributed by atoms with E-state index < -0.39 is 0 Å². The van der Waals surface area contributed by atoms with Gasteiger partial charge in [0, 0.05) is 52.4 Å². The lowest BCUT2D eigenvalue weighted by Gasteiger charge is -2.51. The second kappa shape index (κ2) is 20.5. The first-order valence-corrected chi connectivity index (χ1v) is 30.2. The van der Waals surface area contributed by atoms with E-state index in [9.17, 15) is 0 Å². The Bertz CT molecular complexity index is 2110. The van der Waals surface area contributed by atoms with E-state index in [1.165, 1.54) is 96.6 Å². The largest absolute Gasteiger partial charge is 0.286 e. The molecule has 5 aliphatic heterocycles. The third-order valence-corrected chi connectivity index (χ3v) is 24.2. The molecule has 360 valence electrons. The molecule has 8 N–H and O–H groups in total. The molecule has 4 saturated carbocycles.